The van der Waals surface area contributed by atoms with Crippen LogP contribution in [0.5, 0.6) is 0 Å². The molecule has 0 aliphatic carbocycles. The summed E-state index contributed by atoms with van der Waals surface area (Å²) in [5.74, 6) is 0. The third kappa shape index (κ3) is 5.43. The number of rotatable bonds is 7. The highest BCUT2D eigenvalue weighted by molar-refractivity contribution is 5.53. The van der Waals surface area contributed by atoms with Gasteiger partial charge in [0.05, 0.1) is 11.5 Å². The van der Waals surface area contributed by atoms with Crippen LogP contribution in [0, 0.1) is 16.7 Å². The molecule has 6 unspecified atom stereocenters. The molecule has 1 saturated heterocycles. The maximum atomic E-state index is 10.6. The molecule has 1 aliphatic heterocycles. The highest BCUT2D eigenvalue weighted by Gasteiger charge is 2.45. The fourth-order valence-corrected chi connectivity index (χ4v) is 2.47. The summed E-state index contributed by atoms with van der Waals surface area (Å²) in [6.45, 7) is 6.56. The highest BCUT2D eigenvalue weighted by Crippen LogP contribution is 2.23. The van der Waals surface area contributed by atoms with Crippen molar-refractivity contribution in [3.05, 3.63) is 69.6 Å². The Hall–Kier alpha value is -2.65. The Kier molecular flexibility index (Phi) is 7.77. The number of nitro benzene ring substituents is 1. The second kappa shape index (κ2) is 10.0. The van der Waals surface area contributed by atoms with Gasteiger partial charge in [-0.15, -0.1) is 0 Å². The topological polar surface area (TPSA) is 147 Å². The van der Waals surface area contributed by atoms with E-state index in [0.717, 1.165) is 0 Å². The van der Waals surface area contributed by atoms with E-state index < -0.39 is 48.5 Å². The fraction of sp³-hybridized carbons (Fsp3) is 0.389. The minimum absolute atomic E-state index is 0.0197. The van der Waals surface area contributed by atoms with Gasteiger partial charge in [0, 0.05) is 18.2 Å². The van der Waals surface area contributed by atoms with E-state index in [1.807, 2.05) is 0 Å². The molecule has 1 aromatic rings. The van der Waals surface area contributed by atoms with Crippen molar-refractivity contribution in [1.82, 2.24) is 0 Å². The van der Waals surface area contributed by atoms with E-state index in [-0.39, 0.29) is 5.69 Å². The first-order valence-electron chi connectivity index (χ1n) is 8.29. The Morgan fingerprint density at radius 3 is 2.46 bits per heavy atom. The van der Waals surface area contributed by atoms with Crippen LogP contribution in [0.25, 0.3) is 10.9 Å². The van der Waals surface area contributed by atoms with Crippen molar-refractivity contribution in [3.8, 4) is 0 Å². The van der Waals surface area contributed by atoms with E-state index in [9.17, 15) is 25.4 Å². The van der Waals surface area contributed by atoms with Crippen LogP contribution >= 0.6 is 0 Å². The zero-order chi connectivity index (χ0) is 20.7. The predicted octanol–water partition coefficient (Wildman–Crippen LogP) is 0.226. The number of non-ortho nitro benzene ring substituents is 1. The number of aliphatic hydroxyl groups is 4. The summed E-state index contributed by atoms with van der Waals surface area (Å²) >= 11 is 0. The molecule has 0 aromatic heterocycles. The van der Waals surface area contributed by atoms with Crippen LogP contribution in [-0.2, 0) is 9.47 Å². The van der Waals surface area contributed by atoms with Crippen molar-refractivity contribution < 1.29 is 34.8 Å². The molecule has 0 saturated carbocycles. The number of nitrogens with zero attached hydrogens (tertiary/aromatic N) is 2. The molecule has 1 aliphatic rings. The monoisotopic (exact) mass is 392 g/mol. The Morgan fingerprint density at radius 1 is 1.21 bits per heavy atom. The lowest BCUT2D eigenvalue weighted by Gasteiger charge is -2.39. The Labute approximate surface area is 160 Å². The van der Waals surface area contributed by atoms with E-state index in [4.69, 9.17) is 21.2 Å². The SMILES string of the molecule is [C-]#[N+]C(/C=C/C=C/c1ccc([N+](=O)[O-])cc1)OC1OC(CO)C(O)C(O)C1O. The summed E-state index contributed by atoms with van der Waals surface area (Å²) < 4.78 is 10.5. The summed E-state index contributed by atoms with van der Waals surface area (Å²) in [5.41, 5.74) is 0.693. The van der Waals surface area contributed by atoms with Crippen molar-refractivity contribution >= 4 is 11.8 Å². The third-order valence-corrected chi connectivity index (χ3v) is 4.03. The molecular formula is C18H20N2O8. The average molecular weight is 392 g/mol. The van der Waals surface area contributed by atoms with Gasteiger partial charge in [-0.2, -0.15) is 0 Å². The maximum Gasteiger partial charge on any atom is 0.350 e. The van der Waals surface area contributed by atoms with Crippen LogP contribution in [0.4, 0.5) is 5.69 Å². The summed E-state index contributed by atoms with van der Waals surface area (Å²) in [4.78, 5) is 13.3. The molecule has 0 radical (unpaired) electrons. The van der Waals surface area contributed by atoms with Crippen LogP contribution < -0.4 is 0 Å². The number of aliphatic hydroxyl groups excluding tert-OH is 4. The molecule has 6 atom stereocenters. The maximum absolute atomic E-state index is 10.6. The standard InChI is InChI=1S/C18H20N2O8/c1-19-14(28-18-17(24)16(23)15(22)13(10-21)27-18)5-3-2-4-11-6-8-12(9-7-11)20(25)26/h2-9,13-18,21-24H,10H2/b4-2+,5-3+. The number of benzene rings is 1. The van der Waals surface area contributed by atoms with Crippen LogP contribution in [0.15, 0.2) is 42.5 Å². The molecule has 1 aromatic carbocycles. The summed E-state index contributed by atoms with van der Waals surface area (Å²) in [6, 6.07) is 5.87. The van der Waals surface area contributed by atoms with Gasteiger partial charge in [0.25, 0.3) is 5.69 Å². The van der Waals surface area contributed by atoms with Crippen molar-refractivity contribution in [2.24, 2.45) is 0 Å². The van der Waals surface area contributed by atoms with E-state index >= 15 is 0 Å². The summed E-state index contributed by atoms with van der Waals surface area (Å²) in [7, 11) is 0. The molecule has 0 bridgehead atoms. The van der Waals surface area contributed by atoms with Gasteiger partial charge in [-0.05, 0) is 17.7 Å². The molecule has 0 amide bonds. The van der Waals surface area contributed by atoms with Gasteiger partial charge in [0.2, 0.25) is 0 Å². The minimum atomic E-state index is -1.59. The average Bonchev–Trinajstić information content (AvgIpc) is 2.70. The summed E-state index contributed by atoms with van der Waals surface area (Å²) in [6.07, 6.45) is -2.23. The normalized spacial score (nSPS) is 29.0. The van der Waals surface area contributed by atoms with Gasteiger partial charge in [-0.1, -0.05) is 18.2 Å². The van der Waals surface area contributed by atoms with Crippen LogP contribution in [0.2, 0.25) is 0 Å². The van der Waals surface area contributed by atoms with Crippen molar-refractivity contribution in [2.45, 2.75) is 36.9 Å². The predicted molar refractivity (Wildman–Crippen MR) is 96.5 cm³/mol. The van der Waals surface area contributed by atoms with E-state index in [2.05, 4.69) is 4.85 Å². The number of hydrogen-bond acceptors (Lipinski definition) is 8. The van der Waals surface area contributed by atoms with Gasteiger partial charge in [0.1, 0.15) is 24.4 Å². The molecule has 1 heterocycles. The molecule has 1 fully saturated rings. The van der Waals surface area contributed by atoms with Crippen molar-refractivity contribution in [2.75, 3.05) is 6.61 Å². The van der Waals surface area contributed by atoms with E-state index in [1.165, 1.54) is 24.3 Å². The van der Waals surface area contributed by atoms with Crippen LogP contribution in [0.3, 0.4) is 0 Å². The second-order valence-electron chi connectivity index (χ2n) is 5.95. The lowest BCUT2D eigenvalue weighted by atomic mass is 9.99. The first-order valence-corrected chi connectivity index (χ1v) is 8.29. The molecule has 28 heavy (non-hydrogen) atoms. The smallest absolute Gasteiger partial charge is 0.350 e. The van der Waals surface area contributed by atoms with Crippen molar-refractivity contribution in [1.29, 1.82) is 0 Å². The van der Waals surface area contributed by atoms with Crippen LogP contribution in [-0.4, -0.2) is 68.9 Å². The van der Waals surface area contributed by atoms with Gasteiger partial charge < -0.3 is 25.2 Å². The molecule has 0 spiro atoms. The lowest BCUT2D eigenvalue weighted by molar-refractivity contribution is -0.384. The highest BCUT2D eigenvalue weighted by atomic mass is 16.7. The quantitative estimate of drug-likeness (QED) is 0.223. The van der Waals surface area contributed by atoms with Gasteiger partial charge in [0.15, 0.2) is 6.29 Å². The minimum Gasteiger partial charge on any atom is -0.394 e. The molecule has 10 heteroatoms. The van der Waals surface area contributed by atoms with E-state index in [0.29, 0.717) is 5.56 Å². The largest absolute Gasteiger partial charge is 0.394 e. The molecule has 10 nitrogen and oxygen atoms in total. The number of ether oxygens (including phenoxy) is 2. The third-order valence-electron chi connectivity index (χ3n) is 4.03. The number of hydrogen-bond donors (Lipinski definition) is 4. The Balaban J connectivity index is 1.96. The van der Waals surface area contributed by atoms with E-state index in [1.54, 1.807) is 24.3 Å². The molecular weight excluding hydrogens is 372 g/mol. The Bertz CT molecular complexity index is 756. The Morgan fingerprint density at radius 2 is 1.89 bits per heavy atom. The van der Waals surface area contributed by atoms with Gasteiger partial charge in [-0.25, -0.2) is 6.57 Å². The summed E-state index contributed by atoms with van der Waals surface area (Å²) in [5, 5.41) is 49.1. The fourth-order valence-electron chi connectivity index (χ4n) is 2.47. The molecule has 2 rings (SSSR count). The first-order chi connectivity index (χ1) is 13.4. The van der Waals surface area contributed by atoms with Crippen molar-refractivity contribution in [3.63, 3.8) is 0 Å². The van der Waals surface area contributed by atoms with Gasteiger partial charge >= 0.3 is 6.23 Å². The molecule has 4 N–H and O–H groups in total. The first kappa shape index (κ1) is 21.6. The molecule has 150 valence electrons. The number of nitro groups is 1. The zero-order valence-electron chi connectivity index (χ0n) is 14.6. The lowest BCUT2D eigenvalue weighted by Crippen LogP contribution is -2.59. The second-order valence-corrected chi connectivity index (χ2v) is 5.95. The zero-order valence-corrected chi connectivity index (χ0v) is 14.6. The van der Waals surface area contributed by atoms with Gasteiger partial charge in [-0.3, -0.25) is 19.7 Å². The number of allylic oxidation sites excluding steroid dienone is 2. The van der Waals surface area contributed by atoms with Crippen LogP contribution in [0.1, 0.15) is 5.56 Å².